The predicted octanol–water partition coefficient (Wildman–Crippen LogP) is 6.56. The SMILES string of the molecule is COc1ccc(CN(Cc2ccc(OC)cc2)c2nccc(CNC(=O)c3ccc(Oc4ccc(F)cc4)cc3)n2)cc1. The summed E-state index contributed by atoms with van der Waals surface area (Å²) in [7, 11) is 3.28. The number of hydrogen-bond acceptors (Lipinski definition) is 7. The molecule has 43 heavy (non-hydrogen) atoms. The van der Waals surface area contributed by atoms with Gasteiger partial charge in [-0.1, -0.05) is 24.3 Å². The summed E-state index contributed by atoms with van der Waals surface area (Å²) in [5, 5.41) is 2.92. The summed E-state index contributed by atoms with van der Waals surface area (Å²) >= 11 is 0. The molecular formula is C34H31FN4O4. The van der Waals surface area contributed by atoms with E-state index in [2.05, 4.69) is 15.2 Å². The molecule has 0 saturated carbocycles. The van der Waals surface area contributed by atoms with Crippen LogP contribution in [0.15, 0.2) is 109 Å². The van der Waals surface area contributed by atoms with Crippen molar-refractivity contribution in [1.82, 2.24) is 15.3 Å². The Morgan fingerprint density at radius 2 is 1.23 bits per heavy atom. The first-order valence-corrected chi connectivity index (χ1v) is 13.6. The highest BCUT2D eigenvalue weighted by Crippen LogP contribution is 2.23. The van der Waals surface area contributed by atoms with E-state index >= 15 is 0 Å². The van der Waals surface area contributed by atoms with E-state index in [1.165, 1.54) is 12.1 Å². The average Bonchev–Trinajstić information content (AvgIpc) is 3.05. The van der Waals surface area contributed by atoms with Crippen molar-refractivity contribution < 1.29 is 23.4 Å². The van der Waals surface area contributed by atoms with E-state index in [9.17, 15) is 9.18 Å². The van der Waals surface area contributed by atoms with Crippen LogP contribution in [0.1, 0.15) is 27.2 Å². The number of carbonyl (C=O) groups is 1. The number of amides is 1. The number of carbonyl (C=O) groups excluding carboxylic acids is 1. The van der Waals surface area contributed by atoms with Crippen LogP contribution >= 0.6 is 0 Å². The van der Waals surface area contributed by atoms with Gasteiger partial charge >= 0.3 is 0 Å². The lowest BCUT2D eigenvalue weighted by Gasteiger charge is -2.23. The predicted molar refractivity (Wildman–Crippen MR) is 162 cm³/mol. The first kappa shape index (κ1) is 29.1. The summed E-state index contributed by atoms with van der Waals surface area (Å²) in [4.78, 5) is 24.3. The molecule has 218 valence electrons. The molecule has 0 saturated heterocycles. The van der Waals surface area contributed by atoms with Crippen molar-refractivity contribution in [2.75, 3.05) is 19.1 Å². The summed E-state index contributed by atoms with van der Waals surface area (Å²) in [6.45, 7) is 1.36. The van der Waals surface area contributed by atoms with Crippen molar-refractivity contribution >= 4 is 11.9 Å². The maximum atomic E-state index is 13.1. The summed E-state index contributed by atoms with van der Waals surface area (Å²) in [5.41, 5.74) is 3.29. The summed E-state index contributed by atoms with van der Waals surface area (Å²) in [6.07, 6.45) is 1.69. The number of methoxy groups -OCH3 is 2. The second-order valence-corrected chi connectivity index (χ2v) is 9.66. The second-order valence-electron chi connectivity index (χ2n) is 9.66. The van der Waals surface area contributed by atoms with E-state index in [0.29, 0.717) is 41.8 Å². The maximum Gasteiger partial charge on any atom is 0.251 e. The lowest BCUT2D eigenvalue weighted by Crippen LogP contribution is -2.26. The second kappa shape index (κ2) is 14.0. The zero-order valence-corrected chi connectivity index (χ0v) is 23.9. The van der Waals surface area contributed by atoms with Crippen LogP contribution in [0.25, 0.3) is 0 Å². The van der Waals surface area contributed by atoms with E-state index in [1.807, 2.05) is 48.5 Å². The number of hydrogen-bond donors (Lipinski definition) is 1. The molecule has 0 aliphatic heterocycles. The highest BCUT2D eigenvalue weighted by molar-refractivity contribution is 5.94. The van der Waals surface area contributed by atoms with Gasteiger partial charge in [0.2, 0.25) is 5.95 Å². The number of benzene rings is 4. The molecule has 0 fully saturated rings. The van der Waals surface area contributed by atoms with Crippen molar-refractivity contribution in [3.8, 4) is 23.0 Å². The molecule has 0 spiro atoms. The third-order valence-corrected chi connectivity index (χ3v) is 6.64. The minimum Gasteiger partial charge on any atom is -0.497 e. The smallest absolute Gasteiger partial charge is 0.251 e. The topological polar surface area (TPSA) is 85.8 Å². The van der Waals surface area contributed by atoms with E-state index in [1.54, 1.807) is 62.9 Å². The van der Waals surface area contributed by atoms with Crippen molar-refractivity contribution in [1.29, 1.82) is 0 Å². The minimum absolute atomic E-state index is 0.223. The Hall–Kier alpha value is -5.44. The lowest BCUT2D eigenvalue weighted by atomic mass is 10.1. The Labute approximate surface area is 249 Å². The van der Waals surface area contributed by atoms with Crippen LogP contribution in [0.3, 0.4) is 0 Å². The summed E-state index contributed by atoms with van der Waals surface area (Å²) in [6, 6.07) is 30.0. The molecule has 0 aliphatic rings. The molecule has 5 aromatic rings. The van der Waals surface area contributed by atoms with Crippen molar-refractivity contribution in [3.63, 3.8) is 0 Å². The van der Waals surface area contributed by atoms with Gasteiger partial charge in [-0.25, -0.2) is 14.4 Å². The van der Waals surface area contributed by atoms with Crippen molar-refractivity contribution in [3.05, 3.63) is 138 Å². The Balaban J connectivity index is 1.26. The molecule has 0 bridgehead atoms. The largest absolute Gasteiger partial charge is 0.497 e. The van der Waals surface area contributed by atoms with Gasteiger partial charge in [0, 0.05) is 24.8 Å². The fourth-order valence-electron chi connectivity index (χ4n) is 4.32. The van der Waals surface area contributed by atoms with Gasteiger partial charge in [0.05, 0.1) is 26.5 Å². The van der Waals surface area contributed by atoms with Crippen molar-refractivity contribution in [2.45, 2.75) is 19.6 Å². The Kier molecular flexibility index (Phi) is 9.43. The molecule has 5 rings (SSSR count). The number of anilines is 1. The van der Waals surface area contributed by atoms with Gasteiger partial charge in [-0.3, -0.25) is 4.79 Å². The maximum absolute atomic E-state index is 13.1. The fraction of sp³-hybridized carbons (Fsp3) is 0.147. The fourth-order valence-corrected chi connectivity index (χ4v) is 4.32. The number of nitrogens with zero attached hydrogens (tertiary/aromatic N) is 3. The zero-order valence-electron chi connectivity index (χ0n) is 23.9. The van der Waals surface area contributed by atoms with E-state index in [4.69, 9.17) is 19.2 Å². The summed E-state index contributed by atoms with van der Waals surface area (Å²) < 4.78 is 29.4. The van der Waals surface area contributed by atoms with E-state index in [-0.39, 0.29) is 18.3 Å². The van der Waals surface area contributed by atoms with Crippen LogP contribution in [0.4, 0.5) is 10.3 Å². The van der Waals surface area contributed by atoms with Crippen LogP contribution < -0.4 is 24.4 Å². The average molecular weight is 579 g/mol. The minimum atomic E-state index is -0.336. The van der Waals surface area contributed by atoms with E-state index < -0.39 is 0 Å². The third-order valence-electron chi connectivity index (χ3n) is 6.64. The first-order chi connectivity index (χ1) is 21.0. The highest BCUT2D eigenvalue weighted by Gasteiger charge is 2.14. The van der Waals surface area contributed by atoms with Crippen molar-refractivity contribution in [2.24, 2.45) is 0 Å². The molecule has 1 aromatic heterocycles. The van der Waals surface area contributed by atoms with Crippen LogP contribution in [-0.2, 0) is 19.6 Å². The molecule has 1 heterocycles. The quantitative estimate of drug-likeness (QED) is 0.179. The van der Waals surface area contributed by atoms with Gasteiger partial charge in [-0.2, -0.15) is 0 Å². The van der Waals surface area contributed by atoms with Crippen LogP contribution in [0, 0.1) is 5.82 Å². The van der Waals surface area contributed by atoms with Crippen LogP contribution in [0.2, 0.25) is 0 Å². The number of aromatic nitrogens is 2. The van der Waals surface area contributed by atoms with Crippen LogP contribution in [-0.4, -0.2) is 30.1 Å². The number of nitrogens with one attached hydrogen (secondary N) is 1. The highest BCUT2D eigenvalue weighted by atomic mass is 19.1. The third kappa shape index (κ3) is 8.07. The molecule has 4 aromatic carbocycles. The number of rotatable bonds is 12. The molecule has 8 nitrogen and oxygen atoms in total. The molecule has 9 heteroatoms. The normalized spacial score (nSPS) is 10.6. The molecular weight excluding hydrogens is 547 g/mol. The van der Waals surface area contributed by atoms with Gasteiger partial charge in [0.15, 0.2) is 0 Å². The molecule has 0 aliphatic carbocycles. The van der Waals surface area contributed by atoms with Gasteiger partial charge < -0.3 is 24.4 Å². The van der Waals surface area contributed by atoms with Gasteiger partial charge in [-0.15, -0.1) is 0 Å². The standard InChI is InChI=1S/C34H31FN4O4/c1-41-29-11-3-24(4-12-29)22-39(23-25-5-13-30(42-2)14-6-25)34-36-20-19-28(38-34)21-37-33(40)26-7-15-31(16-8-26)43-32-17-9-27(35)10-18-32/h3-20H,21-23H2,1-2H3,(H,37,40). The van der Waals surface area contributed by atoms with Crippen LogP contribution in [0.5, 0.6) is 23.0 Å². The Morgan fingerprint density at radius 1 is 0.721 bits per heavy atom. The van der Waals surface area contributed by atoms with Gasteiger partial charge in [-0.05, 0) is 90.0 Å². The Bertz CT molecular complexity index is 1580. The van der Waals surface area contributed by atoms with Gasteiger partial charge in [0.25, 0.3) is 5.91 Å². The lowest BCUT2D eigenvalue weighted by molar-refractivity contribution is 0.0950. The number of halogens is 1. The van der Waals surface area contributed by atoms with Gasteiger partial charge in [0.1, 0.15) is 28.8 Å². The number of ether oxygens (including phenoxy) is 3. The zero-order chi connectivity index (χ0) is 30.0. The Morgan fingerprint density at radius 3 is 1.77 bits per heavy atom. The molecule has 1 N–H and O–H groups in total. The summed E-state index contributed by atoms with van der Waals surface area (Å²) in [5.74, 6) is 2.58. The van der Waals surface area contributed by atoms with E-state index in [0.717, 1.165) is 22.6 Å². The molecule has 0 unspecified atom stereocenters. The molecule has 1 amide bonds. The molecule has 0 radical (unpaired) electrons. The monoisotopic (exact) mass is 578 g/mol. The first-order valence-electron chi connectivity index (χ1n) is 13.6. The molecule has 0 atom stereocenters.